The predicted octanol–water partition coefficient (Wildman–Crippen LogP) is 11.3. The second-order valence-electron chi connectivity index (χ2n) is 9.55. The summed E-state index contributed by atoms with van der Waals surface area (Å²) in [6.07, 6.45) is -27.2. The molecule has 0 saturated carbocycles. The Bertz CT molecular complexity index is 1310. The van der Waals surface area contributed by atoms with Crippen molar-refractivity contribution in [3.8, 4) is 0 Å². The van der Waals surface area contributed by atoms with Gasteiger partial charge in [-0.1, -0.05) is 11.8 Å². The van der Waals surface area contributed by atoms with Gasteiger partial charge in [0, 0.05) is 0 Å². The SMILES string of the molecule is OP(=S)(C(F)(F)C(F)(F)C(F)(F)C(F)(F)C(F)(F)C(F)(F)C(F)(F)C(F)(F)F)C(F)(F)C(F)(F)C(F)(F)C(F)(F)C(F)(F)C(F)(F)C(F)(F)C(F)(F)F. The minimum atomic E-state index is -10.5. The zero-order chi connectivity index (χ0) is 44.5. The molecule has 0 aliphatic heterocycles. The number of hydrogen-bond acceptors (Lipinski definition) is 1. The fraction of sp³-hybridized carbons (Fsp3) is 1.00. The first kappa shape index (κ1) is 51.2. The molecular weight excluding hydrogens is 917 g/mol. The molecule has 0 spiro atoms. The molecule has 0 aliphatic carbocycles. The molecule has 0 radical (unpaired) electrons. The van der Waals surface area contributed by atoms with E-state index in [1.807, 2.05) is 0 Å². The summed E-state index contributed by atoms with van der Waals surface area (Å²) in [5.41, 5.74) is -19.0. The molecule has 0 fully saturated rings. The van der Waals surface area contributed by atoms with Crippen LogP contribution in [-0.2, 0) is 11.8 Å². The zero-order valence-electron chi connectivity index (χ0n) is 22.2. The van der Waals surface area contributed by atoms with Crippen LogP contribution in [0.4, 0.5) is 149 Å². The lowest BCUT2D eigenvalue weighted by Gasteiger charge is -2.46. The second kappa shape index (κ2) is 12.1. The highest BCUT2D eigenvalue weighted by Crippen LogP contribution is 2.79. The summed E-state index contributed by atoms with van der Waals surface area (Å²) < 4.78 is 453. The van der Waals surface area contributed by atoms with Crippen LogP contribution < -0.4 is 0 Å². The standard InChI is InChI=1S/C16HF34OPS/c17-1(18,5(25,26)9(33,34)13(41,42)43)3(21,22)7(29,30)11(37,38)15(47,48)52(51,53)16(49,50)12(39,40)8(31,32)4(23,24)2(19,20)6(27,28)10(35,36)14(44,45)46/h(H,51,53). The molecule has 0 aromatic heterocycles. The van der Waals surface area contributed by atoms with Crippen molar-refractivity contribution in [1.82, 2.24) is 0 Å². The van der Waals surface area contributed by atoms with E-state index in [4.69, 9.17) is 4.89 Å². The Labute approximate surface area is 268 Å². The van der Waals surface area contributed by atoms with Gasteiger partial charge in [-0.25, -0.2) is 0 Å². The van der Waals surface area contributed by atoms with E-state index in [1.54, 1.807) is 0 Å². The highest BCUT2D eigenvalue weighted by atomic mass is 32.4. The number of halogens is 34. The van der Waals surface area contributed by atoms with Crippen molar-refractivity contribution in [2.45, 2.75) is 94.8 Å². The molecule has 1 nitrogen and oxygen atoms in total. The van der Waals surface area contributed by atoms with Gasteiger partial charge in [-0.3, -0.25) is 0 Å². The van der Waals surface area contributed by atoms with Crippen LogP contribution in [-0.4, -0.2) is 99.6 Å². The maximum atomic E-state index is 14.2. The van der Waals surface area contributed by atoms with Crippen molar-refractivity contribution >= 4 is 18.1 Å². The third kappa shape index (κ3) is 5.78. The smallest absolute Gasteiger partial charge is 0.356 e. The third-order valence-corrected chi connectivity index (χ3v) is 9.63. The summed E-state index contributed by atoms with van der Waals surface area (Å²) in [7, 11) is 0. The van der Waals surface area contributed by atoms with Crippen molar-refractivity contribution in [3.05, 3.63) is 0 Å². The first-order valence-electron chi connectivity index (χ1n) is 10.8. The van der Waals surface area contributed by atoms with Crippen LogP contribution in [0.2, 0.25) is 0 Å². The molecule has 0 unspecified atom stereocenters. The largest absolute Gasteiger partial charge is 0.460 e. The topological polar surface area (TPSA) is 20.2 Å². The normalized spacial score (nSPS) is 17.4. The van der Waals surface area contributed by atoms with E-state index in [2.05, 4.69) is 11.8 Å². The molecule has 0 saturated heterocycles. The van der Waals surface area contributed by atoms with Crippen molar-refractivity contribution < 1.29 is 154 Å². The van der Waals surface area contributed by atoms with Crippen LogP contribution in [0.25, 0.3) is 0 Å². The summed E-state index contributed by atoms with van der Waals surface area (Å²) in [6.45, 7) is 0. The Morgan fingerprint density at radius 3 is 0.472 bits per heavy atom. The van der Waals surface area contributed by atoms with Crippen LogP contribution in [0.3, 0.4) is 0 Å². The molecule has 0 aromatic carbocycles. The molecule has 0 amide bonds. The molecule has 0 heterocycles. The van der Waals surface area contributed by atoms with Gasteiger partial charge in [0.2, 0.25) is 6.26 Å². The van der Waals surface area contributed by atoms with E-state index in [1.165, 1.54) is 0 Å². The summed E-state index contributed by atoms with van der Waals surface area (Å²) in [5.74, 6) is -115. The quantitative estimate of drug-likeness (QED) is 0.138. The van der Waals surface area contributed by atoms with E-state index in [-0.39, 0.29) is 0 Å². The minimum absolute atomic E-state index is 2.09. The van der Waals surface area contributed by atoms with E-state index >= 15 is 0 Å². The Balaban J connectivity index is 7.80. The third-order valence-electron chi connectivity index (χ3n) is 6.17. The lowest BCUT2D eigenvalue weighted by molar-refractivity contribution is -0.460. The van der Waals surface area contributed by atoms with Crippen LogP contribution in [0.1, 0.15) is 0 Å². The Morgan fingerprint density at radius 2 is 0.340 bits per heavy atom. The van der Waals surface area contributed by atoms with Gasteiger partial charge in [-0.2, -0.15) is 149 Å². The lowest BCUT2D eigenvalue weighted by Crippen LogP contribution is -2.75. The van der Waals surface area contributed by atoms with Gasteiger partial charge in [-0.15, -0.1) is 0 Å². The molecule has 0 atom stereocenters. The maximum Gasteiger partial charge on any atom is 0.460 e. The molecule has 1 N–H and O–H groups in total. The minimum Gasteiger partial charge on any atom is -0.356 e. The average Bonchev–Trinajstić information content (AvgIpc) is 2.89. The zero-order valence-corrected chi connectivity index (χ0v) is 23.9. The van der Waals surface area contributed by atoms with E-state index in [0.717, 1.165) is 0 Å². The summed E-state index contributed by atoms with van der Waals surface area (Å²) >= 11 is 2.09. The van der Waals surface area contributed by atoms with Gasteiger partial charge in [-0.05, 0) is 0 Å². The fourth-order valence-corrected chi connectivity index (χ4v) is 4.95. The van der Waals surface area contributed by atoms with Crippen LogP contribution >= 0.6 is 6.26 Å². The summed E-state index contributed by atoms with van der Waals surface area (Å²) in [6, 6.07) is 0. The Kier molecular flexibility index (Phi) is 11.7. The van der Waals surface area contributed by atoms with Gasteiger partial charge in [0.25, 0.3) is 0 Å². The highest BCUT2D eigenvalue weighted by molar-refractivity contribution is 8.13. The van der Waals surface area contributed by atoms with E-state index in [0.29, 0.717) is 0 Å². The lowest BCUT2D eigenvalue weighted by atomic mass is 9.91. The number of alkyl halides is 34. The Hall–Kier alpha value is -1.77. The van der Waals surface area contributed by atoms with E-state index < -0.39 is 101 Å². The number of hydrogen-bond donors (Lipinski definition) is 1. The first-order chi connectivity index (χ1) is 22.0. The van der Waals surface area contributed by atoms with Crippen molar-refractivity contribution in [3.63, 3.8) is 0 Å². The van der Waals surface area contributed by atoms with Crippen molar-refractivity contribution in [2.24, 2.45) is 0 Å². The van der Waals surface area contributed by atoms with E-state index in [9.17, 15) is 149 Å². The summed E-state index contributed by atoms with van der Waals surface area (Å²) in [4.78, 5) is 8.80. The van der Waals surface area contributed by atoms with Crippen LogP contribution in [0.5, 0.6) is 0 Å². The fourth-order valence-electron chi connectivity index (χ4n) is 2.87. The van der Waals surface area contributed by atoms with Gasteiger partial charge < -0.3 is 4.89 Å². The molecule has 0 rings (SSSR count). The molecular formula is C16HF34OPS. The molecule has 53 heavy (non-hydrogen) atoms. The molecule has 0 aromatic rings. The van der Waals surface area contributed by atoms with Crippen molar-refractivity contribution in [2.75, 3.05) is 0 Å². The van der Waals surface area contributed by atoms with Gasteiger partial charge >= 0.3 is 94.8 Å². The van der Waals surface area contributed by atoms with Gasteiger partial charge in [0.05, 0.1) is 0 Å². The van der Waals surface area contributed by atoms with Gasteiger partial charge in [0.15, 0.2) is 0 Å². The molecule has 0 bridgehead atoms. The molecule has 320 valence electrons. The summed E-state index contributed by atoms with van der Waals surface area (Å²) in [5, 5.41) is 0. The molecule has 0 aliphatic rings. The molecule has 37 heteroatoms. The van der Waals surface area contributed by atoms with Gasteiger partial charge in [0.1, 0.15) is 0 Å². The highest BCUT2D eigenvalue weighted by Gasteiger charge is 3.00. The van der Waals surface area contributed by atoms with Crippen LogP contribution in [0.15, 0.2) is 0 Å². The monoisotopic (exact) mass is 918 g/mol. The number of rotatable bonds is 14. The predicted molar refractivity (Wildman–Crippen MR) is 97.9 cm³/mol. The van der Waals surface area contributed by atoms with Crippen LogP contribution in [0, 0.1) is 0 Å². The first-order valence-corrected chi connectivity index (χ1v) is 13.5. The second-order valence-corrected chi connectivity index (χ2v) is 13.4. The van der Waals surface area contributed by atoms with Crippen molar-refractivity contribution in [1.29, 1.82) is 0 Å². The average molecular weight is 918 g/mol. The maximum absolute atomic E-state index is 14.2. The Morgan fingerprint density at radius 1 is 0.226 bits per heavy atom.